The predicted octanol–water partition coefficient (Wildman–Crippen LogP) is 7.43. The number of carbonyl (C=O) groups excluding carboxylic acids is 1. The van der Waals surface area contributed by atoms with E-state index in [1.165, 1.54) is 12.1 Å². The zero-order valence-electron chi connectivity index (χ0n) is 22.6. The fraction of sp³-hybridized carbons (Fsp3) is 0.219. The molecule has 0 aliphatic carbocycles. The fourth-order valence-electron chi connectivity index (χ4n) is 4.46. The summed E-state index contributed by atoms with van der Waals surface area (Å²) in [6.07, 6.45) is -3.97. The predicted molar refractivity (Wildman–Crippen MR) is 151 cm³/mol. The van der Waals surface area contributed by atoms with Crippen LogP contribution in [0.15, 0.2) is 114 Å². The molecule has 41 heavy (non-hydrogen) atoms. The lowest BCUT2D eigenvalue weighted by Crippen LogP contribution is -2.41. The van der Waals surface area contributed by atoms with E-state index in [0.717, 1.165) is 41.3 Å². The second-order valence-corrected chi connectivity index (χ2v) is 11.2. The van der Waals surface area contributed by atoms with Crippen LogP contribution in [0.1, 0.15) is 48.4 Å². The summed E-state index contributed by atoms with van der Waals surface area (Å²) in [5, 5.41) is 0. The topological polar surface area (TPSA) is 63.7 Å². The van der Waals surface area contributed by atoms with Crippen LogP contribution < -0.4 is 4.18 Å². The Hall–Kier alpha value is -4.11. The van der Waals surface area contributed by atoms with Gasteiger partial charge in [-0.1, -0.05) is 85.8 Å². The first-order chi connectivity index (χ1) is 19.5. The average Bonchev–Trinajstić information content (AvgIpc) is 2.97. The number of alkyl halides is 3. The van der Waals surface area contributed by atoms with Crippen molar-refractivity contribution in [2.45, 2.75) is 49.8 Å². The monoisotopic (exact) mass is 581 g/mol. The van der Waals surface area contributed by atoms with Gasteiger partial charge in [-0.2, -0.15) is 21.6 Å². The van der Waals surface area contributed by atoms with Crippen molar-refractivity contribution in [1.29, 1.82) is 0 Å². The standard InChI is InChI=1S/C32H30F3NO4S/c1-3-23(2)36(31(37)30(25-11-6-4-7-12-25)26-13-8-5-9-14-26)22-24-17-19-28(20-18-24)40-41(38,39)29-16-10-15-27(21-29)32(33,34)35/h4-21,23,30H,3,22H2,1-2H3/t23-/m0/s1. The molecule has 0 saturated heterocycles. The van der Waals surface area contributed by atoms with Gasteiger partial charge < -0.3 is 9.08 Å². The molecule has 0 radical (unpaired) electrons. The number of carbonyl (C=O) groups is 1. The van der Waals surface area contributed by atoms with Crippen molar-refractivity contribution in [1.82, 2.24) is 4.90 Å². The average molecular weight is 582 g/mol. The van der Waals surface area contributed by atoms with E-state index < -0.39 is 32.7 Å². The van der Waals surface area contributed by atoms with Crippen molar-refractivity contribution in [3.8, 4) is 5.75 Å². The summed E-state index contributed by atoms with van der Waals surface area (Å²) >= 11 is 0. The van der Waals surface area contributed by atoms with Crippen LogP contribution in [0.4, 0.5) is 13.2 Å². The Bertz CT molecular complexity index is 1520. The van der Waals surface area contributed by atoms with Gasteiger partial charge in [0.2, 0.25) is 5.91 Å². The van der Waals surface area contributed by atoms with Crippen LogP contribution in [0.5, 0.6) is 5.75 Å². The number of nitrogens with zero attached hydrogens (tertiary/aromatic N) is 1. The molecule has 0 aliphatic heterocycles. The molecule has 0 aliphatic rings. The highest BCUT2D eigenvalue weighted by Gasteiger charge is 2.32. The summed E-state index contributed by atoms with van der Waals surface area (Å²) in [5.41, 5.74) is 1.40. The van der Waals surface area contributed by atoms with Gasteiger partial charge in [0.1, 0.15) is 10.6 Å². The highest BCUT2D eigenvalue weighted by Crippen LogP contribution is 2.32. The molecule has 5 nitrogen and oxygen atoms in total. The number of hydrogen-bond donors (Lipinski definition) is 0. The van der Waals surface area contributed by atoms with E-state index in [9.17, 15) is 26.4 Å². The van der Waals surface area contributed by atoms with Gasteiger partial charge in [0.05, 0.1) is 11.5 Å². The highest BCUT2D eigenvalue weighted by molar-refractivity contribution is 7.87. The normalized spacial score (nSPS) is 12.6. The molecule has 0 spiro atoms. The quantitative estimate of drug-likeness (QED) is 0.183. The Morgan fingerprint density at radius 2 is 1.39 bits per heavy atom. The van der Waals surface area contributed by atoms with Gasteiger partial charge in [0.25, 0.3) is 0 Å². The van der Waals surface area contributed by atoms with Crippen LogP contribution in [0.3, 0.4) is 0 Å². The summed E-state index contributed by atoms with van der Waals surface area (Å²) in [6.45, 7) is 4.25. The minimum atomic E-state index is -4.69. The molecular weight excluding hydrogens is 551 g/mol. The third kappa shape index (κ3) is 7.35. The SMILES string of the molecule is CC[C@H](C)N(Cc1ccc(OS(=O)(=O)c2cccc(C(F)(F)F)c2)cc1)C(=O)C(c1ccccc1)c1ccccc1. The second kappa shape index (κ2) is 12.6. The smallest absolute Gasteiger partial charge is 0.379 e. The summed E-state index contributed by atoms with van der Waals surface area (Å²) < 4.78 is 69.6. The van der Waals surface area contributed by atoms with Crippen molar-refractivity contribution in [2.24, 2.45) is 0 Å². The van der Waals surface area contributed by atoms with E-state index in [2.05, 4.69) is 0 Å². The largest absolute Gasteiger partial charge is 0.416 e. The maximum absolute atomic E-state index is 14.1. The van der Waals surface area contributed by atoms with Crippen LogP contribution in [0.25, 0.3) is 0 Å². The fourth-order valence-corrected chi connectivity index (χ4v) is 5.43. The molecule has 9 heteroatoms. The first-order valence-electron chi connectivity index (χ1n) is 13.1. The van der Waals surface area contributed by atoms with Gasteiger partial charge in [-0.3, -0.25) is 4.79 Å². The lowest BCUT2D eigenvalue weighted by atomic mass is 9.89. The molecule has 0 unspecified atom stereocenters. The molecule has 4 rings (SSSR count). The maximum Gasteiger partial charge on any atom is 0.416 e. The van der Waals surface area contributed by atoms with E-state index in [0.29, 0.717) is 6.07 Å². The van der Waals surface area contributed by atoms with Crippen molar-refractivity contribution in [2.75, 3.05) is 0 Å². The Labute approximate surface area is 238 Å². The first-order valence-corrected chi connectivity index (χ1v) is 14.5. The summed E-state index contributed by atoms with van der Waals surface area (Å²) in [7, 11) is -4.50. The zero-order valence-corrected chi connectivity index (χ0v) is 23.4. The molecule has 0 N–H and O–H groups in total. The number of benzene rings is 4. The summed E-state index contributed by atoms with van der Waals surface area (Å²) in [6, 6.07) is 28.6. The first kappa shape index (κ1) is 29.9. The molecule has 0 heterocycles. The maximum atomic E-state index is 14.1. The molecule has 0 saturated carbocycles. The Kier molecular flexibility index (Phi) is 9.18. The zero-order chi connectivity index (χ0) is 29.6. The van der Waals surface area contributed by atoms with Gasteiger partial charge in [-0.05, 0) is 60.4 Å². The number of halogens is 3. The van der Waals surface area contributed by atoms with Crippen molar-refractivity contribution < 1.29 is 30.6 Å². The lowest BCUT2D eigenvalue weighted by Gasteiger charge is -2.33. The molecule has 0 aromatic heterocycles. The Morgan fingerprint density at radius 3 is 1.90 bits per heavy atom. The number of amides is 1. The van der Waals surface area contributed by atoms with Gasteiger partial charge in [0.15, 0.2) is 0 Å². The molecule has 1 amide bonds. The van der Waals surface area contributed by atoms with E-state index in [1.54, 1.807) is 17.0 Å². The minimum Gasteiger partial charge on any atom is -0.379 e. The molecule has 4 aromatic rings. The third-order valence-corrected chi connectivity index (χ3v) is 8.09. The summed E-state index contributed by atoms with van der Waals surface area (Å²) in [5.74, 6) is -0.630. The van der Waals surface area contributed by atoms with Crippen LogP contribution in [-0.4, -0.2) is 25.3 Å². The molecule has 0 bridgehead atoms. The Balaban J connectivity index is 1.57. The van der Waals surface area contributed by atoms with E-state index >= 15 is 0 Å². The van der Waals surface area contributed by atoms with Crippen molar-refractivity contribution in [3.05, 3.63) is 131 Å². The second-order valence-electron chi connectivity index (χ2n) is 9.68. The summed E-state index contributed by atoms with van der Waals surface area (Å²) in [4.78, 5) is 15.3. The van der Waals surface area contributed by atoms with Crippen molar-refractivity contribution in [3.63, 3.8) is 0 Å². The molecule has 1 atom stereocenters. The van der Waals surface area contributed by atoms with Crippen LogP contribution >= 0.6 is 0 Å². The van der Waals surface area contributed by atoms with Gasteiger partial charge >= 0.3 is 16.3 Å². The van der Waals surface area contributed by atoms with E-state index in [1.807, 2.05) is 74.5 Å². The van der Waals surface area contributed by atoms with Gasteiger partial charge in [-0.15, -0.1) is 0 Å². The highest BCUT2D eigenvalue weighted by atomic mass is 32.2. The number of hydrogen-bond acceptors (Lipinski definition) is 4. The lowest BCUT2D eigenvalue weighted by molar-refractivity contribution is -0.137. The van der Waals surface area contributed by atoms with E-state index in [4.69, 9.17) is 4.18 Å². The third-order valence-electron chi connectivity index (χ3n) is 6.85. The van der Waals surface area contributed by atoms with Crippen LogP contribution in [-0.2, 0) is 27.6 Å². The van der Waals surface area contributed by atoms with Crippen molar-refractivity contribution >= 4 is 16.0 Å². The van der Waals surface area contributed by atoms with Crippen LogP contribution in [0, 0.1) is 0 Å². The van der Waals surface area contributed by atoms with Gasteiger partial charge in [-0.25, -0.2) is 0 Å². The van der Waals surface area contributed by atoms with E-state index in [-0.39, 0.29) is 24.2 Å². The number of rotatable bonds is 10. The minimum absolute atomic E-state index is 0.0565. The molecular formula is C32H30F3NO4S. The van der Waals surface area contributed by atoms with Crippen LogP contribution in [0.2, 0.25) is 0 Å². The molecule has 4 aromatic carbocycles. The molecule has 0 fully saturated rings. The Morgan fingerprint density at radius 1 is 0.829 bits per heavy atom. The molecule has 214 valence electrons. The van der Waals surface area contributed by atoms with Gasteiger partial charge in [0, 0.05) is 12.6 Å².